The molecule has 0 aromatic carbocycles. The zero-order valence-electron chi connectivity index (χ0n) is 12.2. The molecule has 1 saturated carbocycles. The van der Waals surface area contributed by atoms with E-state index in [1.54, 1.807) is 4.90 Å². The molecule has 2 fully saturated rings. The van der Waals surface area contributed by atoms with Gasteiger partial charge in [-0.1, -0.05) is 0 Å². The molecule has 0 N–H and O–H groups in total. The maximum absolute atomic E-state index is 13.7. The van der Waals surface area contributed by atoms with Crippen molar-refractivity contribution in [3.8, 4) is 0 Å². The third-order valence-corrected chi connectivity index (χ3v) is 3.72. The molecule has 1 saturated heterocycles. The van der Waals surface area contributed by atoms with Crippen molar-refractivity contribution in [1.29, 1.82) is 0 Å². The summed E-state index contributed by atoms with van der Waals surface area (Å²) < 4.78 is 19.4. The van der Waals surface area contributed by atoms with Crippen LogP contribution in [0.5, 0.6) is 0 Å². The summed E-state index contributed by atoms with van der Waals surface area (Å²) in [4.78, 5) is 15.8. The SMILES string of the molecule is CN(CC1CC1)C[C@H]1CN(C(=O)C(C)(C)F)CCO1. The second-order valence-corrected chi connectivity index (χ2v) is 6.38. The molecule has 1 amide bonds. The summed E-state index contributed by atoms with van der Waals surface area (Å²) in [5, 5.41) is 0. The molecule has 0 aromatic heterocycles. The number of alkyl halides is 1. The number of rotatable bonds is 5. The van der Waals surface area contributed by atoms with Crippen LogP contribution in [0, 0.1) is 5.92 Å². The number of halogens is 1. The summed E-state index contributed by atoms with van der Waals surface area (Å²) in [6.45, 7) is 6.05. The van der Waals surface area contributed by atoms with Crippen molar-refractivity contribution >= 4 is 5.91 Å². The first kappa shape index (κ1) is 14.7. The van der Waals surface area contributed by atoms with Crippen molar-refractivity contribution in [2.75, 3.05) is 39.8 Å². The number of hydrogen-bond acceptors (Lipinski definition) is 3. The van der Waals surface area contributed by atoms with Gasteiger partial charge < -0.3 is 14.5 Å². The summed E-state index contributed by atoms with van der Waals surface area (Å²) in [6.07, 6.45) is 2.66. The zero-order valence-corrected chi connectivity index (χ0v) is 12.2. The molecule has 0 aromatic rings. The standard InChI is InChI=1S/C14H25FN2O2/c1-14(2,15)13(18)17-6-7-19-12(10-17)9-16(3)8-11-4-5-11/h11-12H,4-10H2,1-3H3/t12-/m0/s1. The molecule has 2 rings (SSSR count). The van der Waals surface area contributed by atoms with Crippen LogP contribution in [-0.2, 0) is 9.53 Å². The van der Waals surface area contributed by atoms with Crippen LogP contribution in [0.4, 0.5) is 4.39 Å². The monoisotopic (exact) mass is 272 g/mol. The van der Waals surface area contributed by atoms with Gasteiger partial charge in [0.2, 0.25) is 0 Å². The van der Waals surface area contributed by atoms with Gasteiger partial charge in [0.25, 0.3) is 5.91 Å². The van der Waals surface area contributed by atoms with Crippen molar-refractivity contribution < 1.29 is 13.9 Å². The Labute approximate surface area is 114 Å². The Balaban J connectivity index is 1.80. The minimum absolute atomic E-state index is 0.00352. The van der Waals surface area contributed by atoms with Gasteiger partial charge in [0.1, 0.15) is 0 Å². The van der Waals surface area contributed by atoms with Crippen molar-refractivity contribution in [2.45, 2.75) is 38.5 Å². The van der Waals surface area contributed by atoms with Crippen LogP contribution < -0.4 is 0 Å². The first-order valence-corrected chi connectivity index (χ1v) is 7.14. The van der Waals surface area contributed by atoms with E-state index in [1.165, 1.54) is 26.7 Å². The van der Waals surface area contributed by atoms with Crippen LogP contribution in [0.3, 0.4) is 0 Å². The predicted octanol–water partition coefficient (Wildman–Crippen LogP) is 1.30. The number of carbonyl (C=O) groups is 1. The average Bonchev–Trinajstić information content (AvgIpc) is 3.10. The number of carbonyl (C=O) groups excluding carboxylic acids is 1. The zero-order chi connectivity index (χ0) is 14.0. The summed E-state index contributed by atoms with van der Waals surface area (Å²) in [5.41, 5.74) is -1.79. The van der Waals surface area contributed by atoms with Crippen LogP contribution >= 0.6 is 0 Å². The van der Waals surface area contributed by atoms with Gasteiger partial charge in [0, 0.05) is 26.2 Å². The molecule has 4 nitrogen and oxygen atoms in total. The van der Waals surface area contributed by atoms with E-state index in [1.807, 2.05) is 0 Å². The molecule has 0 radical (unpaired) electrons. The fraction of sp³-hybridized carbons (Fsp3) is 0.929. The van der Waals surface area contributed by atoms with Gasteiger partial charge >= 0.3 is 0 Å². The number of amides is 1. The number of hydrogen-bond donors (Lipinski definition) is 0. The molecular weight excluding hydrogens is 247 g/mol. The molecule has 1 atom stereocenters. The van der Waals surface area contributed by atoms with Gasteiger partial charge in [-0.05, 0) is 39.7 Å². The van der Waals surface area contributed by atoms with Crippen LogP contribution in [0.15, 0.2) is 0 Å². The van der Waals surface area contributed by atoms with E-state index in [2.05, 4.69) is 11.9 Å². The quantitative estimate of drug-likeness (QED) is 0.756. The number of ether oxygens (including phenoxy) is 1. The second kappa shape index (κ2) is 5.75. The summed E-state index contributed by atoms with van der Waals surface area (Å²) >= 11 is 0. The number of nitrogens with zero attached hydrogens (tertiary/aromatic N) is 2. The van der Waals surface area contributed by atoms with E-state index >= 15 is 0 Å². The summed E-state index contributed by atoms with van der Waals surface area (Å²) in [6, 6.07) is 0. The van der Waals surface area contributed by atoms with Crippen LogP contribution in [0.25, 0.3) is 0 Å². The normalized spacial score (nSPS) is 24.9. The van der Waals surface area contributed by atoms with E-state index in [0.29, 0.717) is 19.7 Å². The molecule has 5 heteroatoms. The van der Waals surface area contributed by atoms with E-state index in [9.17, 15) is 9.18 Å². The topological polar surface area (TPSA) is 32.8 Å². The Kier molecular flexibility index (Phi) is 4.46. The highest BCUT2D eigenvalue weighted by atomic mass is 19.1. The fourth-order valence-corrected chi connectivity index (χ4v) is 2.55. The van der Waals surface area contributed by atoms with Crippen LogP contribution in [-0.4, -0.2) is 67.3 Å². The van der Waals surface area contributed by atoms with Crippen molar-refractivity contribution in [3.05, 3.63) is 0 Å². The first-order chi connectivity index (χ1) is 8.86. The lowest BCUT2D eigenvalue weighted by molar-refractivity contribution is -0.149. The van der Waals surface area contributed by atoms with Crippen LogP contribution in [0.1, 0.15) is 26.7 Å². The Bertz CT molecular complexity index is 326. The van der Waals surface area contributed by atoms with Gasteiger partial charge in [0.05, 0.1) is 12.7 Å². The molecule has 0 unspecified atom stereocenters. The average molecular weight is 272 g/mol. The van der Waals surface area contributed by atoms with Gasteiger partial charge in [-0.15, -0.1) is 0 Å². The Morgan fingerprint density at radius 3 is 2.68 bits per heavy atom. The lowest BCUT2D eigenvalue weighted by Gasteiger charge is -2.36. The van der Waals surface area contributed by atoms with E-state index in [4.69, 9.17) is 4.74 Å². The highest BCUT2D eigenvalue weighted by molar-refractivity contribution is 5.84. The molecular formula is C14H25FN2O2. The van der Waals surface area contributed by atoms with E-state index in [-0.39, 0.29) is 6.10 Å². The minimum atomic E-state index is -1.79. The maximum Gasteiger partial charge on any atom is 0.259 e. The highest BCUT2D eigenvalue weighted by Crippen LogP contribution is 2.29. The molecule has 110 valence electrons. The Morgan fingerprint density at radius 2 is 2.11 bits per heavy atom. The molecule has 1 aliphatic heterocycles. The largest absolute Gasteiger partial charge is 0.373 e. The van der Waals surface area contributed by atoms with Crippen molar-refractivity contribution in [2.24, 2.45) is 5.92 Å². The fourth-order valence-electron chi connectivity index (χ4n) is 2.55. The molecule has 0 spiro atoms. The molecule has 2 aliphatic rings. The Morgan fingerprint density at radius 1 is 1.42 bits per heavy atom. The minimum Gasteiger partial charge on any atom is -0.373 e. The third kappa shape index (κ3) is 4.42. The molecule has 1 aliphatic carbocycles. The highest BCUT2D eigenvalue weighted by Gasteiger charge is 2.35. The lowest BCUT2D eigenvalue weighted by Crippen LogP contribution is -2.53. The van der Waals surface area contributed by atoms with Gasteiger partial charge in [-0.2, -0.15) is 0 Å². The third-order valence-electron chi connectivity index (χ3n) is 3.72. The Hall–Kier alpha value is -0.680. The number of likely N-dealkylation sites (N-methyl/N-ethyl adjacent to an activating group) is 1. The van der Waals surface area contributed by atoms with Gasteiger partial charge in [-0.3, -0.25) is 4.79 Å². The molecule has 19 heavy (non-hydrogen) atoms. The summed E-state index contributed by atoms with van der Waals surface area (Å²) in [5.74, 6) is 0.418. The first-order valence-electron chi connectivity index (χ1n) is 7.14. The molecule has 1 heterocycles. The summed E-state index contributed by atoms with van der Waals surface area (Å²) in [7, 11) is 2.08. The van der Waals surface area contributed by atoms with Gasteiger partial charge in [0.15, 0.2) is 5.67 Å². The van der Waals surface area contributed by atoms with Crippen molar-refractivity contribution in [3.63, 3.8) is 0 Å². The van der Waals surface area contributed by atoms with E-state index < -0.39 is 11.6 Å². The van der Waals surface area contributed by atoms with Crippen molar-refractivity contribution in [1.82, 2.24) is 9.80 Å². The molecule has 0 bridgehead atoms. The lowest BCUT2D eigenvalue weighted by atomic mass is 10.1. The second-order valence-electron chi connectivity index (χ2n) is 6.38. The van der Waals surface area contributed by atoms with Crippen LogP contribution in [0.2, 0.25) is 0 Å². The predicted molar refractivity (Wildman–Crippen MR) is 71.7 cm³/mol. The number of morpholine rings is 1. The maximum atomic E-state index is 13.7. The smallest absolute Gasteiger partial charge is 0.259 e. The van der Waals surface area contributed by atoms with Gasteiger partial charge in [-0.25, -0.2) is 4.39 Å². The van der Waals surface area contributed by atoms with E-state index in [0.717, 1.165) is 19.0 Å².